The summed E-state index contributed by atoms with van der Waals surface area (Å²) in [4.78, 5) is 28.0. The smallest absolute Gasteiger partial charge is 0.265 e. The lowest BCUT2D eigenvalue weighted by Crippen LogP contribution is -2.37. The number of primary amides is 1. The summed E-state index contributed by atoms with van der Waals surface area (Å²) < 4.78 is 5.59. The first kappa shape index (κ1) is 24.5. The van der Waals surface area contributed by atoms with Crippen molar-refractivity contribution in [1.82, 2.24) is 15.8 Å². The van der Waals surface area contributed by atoms with E-state index in [1.165, 1.54) is 12.8 Å². The van der Waals surface area contributed by atoms with Gasteiger partial charge in [0.2, 0.25) is 0 Å². The third-order valence-corrected chi connectivity index (χ3v) is 4.93. The molecule has 7 nitrogen and oxygen atoms in total. The maximum Gasteiger partial charge on any atom is 0.265 e. The minimum atomic E-state index is -0.496. The Hall–Kier alpha value is -2.77. The number of hydrogen-bond donors (Lipinski definition) is 3. The fraction of sp³-hybridized carbons (Fsp3) is 0.458. The number of hydrogen-bond acceptors (Lipinski definition) is 5. The predicted octanol–water partition coefficient (Wildman–Crippen LogP) is 3.38. The molecule has 0 radical (unpaired) electrons. The number of rotatable bonds is 15. The van der Waals surface area contributed by atoms with Crippen molar-refractivity contribution in [2.75, 3.05) is 19.8 Å². The van der Waals surface area contributed by atoms with Gasteiger partial charge in [0.05, 0.1) is 11.3 Å². The fourth-order valence-electron chi connectivity index (χ4n) is 3.14. The Bertz CT molecular complexity index is 809. The maximum atomic E-state index is 12.3. The van der Waals surface area contributed by atoms with Crippen LogP contribution in [0.2, 0.25) is 0 Å². The Balaban J connectivity index is 1.64. The lowest BCUT2D eigenvalue weighted by atomic mass is 10.0. The zero-order valence-corrected chi connectivity index (χ0v) is 18.4. The van der Waals surface area contributed by atoms with E-state index in [2.05, 4.69) is 22.8 Å². The van der Waals surface area contributed by atoms with E-state index >= 15 is 0 Å². The number of unbranched alkanes of at least 4 members (excludes halogenated alkanes) is 4. The number of aromatic nitrogens is 1. The van der Waals surface area contributed by atoms with Gasteiger partial charge in [0.25, 0.3) is 11.8 Å². The van der Waals surface area contributed by atoms with Crippen molar-refractivity contribution >= 4 is 11.8 Å². The van der Waals surface area contributed by atoms with Gasteiger partial charge in [-0.15, -0.1) is 0 Å². The van der Waals surface area contributed by atoms with Crippen LogP contribution in [0.25, 0.3) is 0 Å². The molecule has 0 saturated heterocycles. The molecule has 1 heterocycles. The third-order valence-electron chi connectivity index (χ3n) is 4.93. The van der Waals surface area contributed by atoms with Crippen LogP contribution in [0.1, 0.15) is 77.4 Å². The molecule has 0 fully saturated rings. The van der Waals surface area contributed by atoms with E-state index in [9.17, 15) is 9.59 Å². The summed E-state index contributed by atoms with van der Waals surface area (Å²) in [6, 6.07) is 10.6. The van der Waals surface area contributed by atoms with Gasteiger partial charge in [-0.1, -0.05) is 31.9 Å². The number of ether oxygens (including phenoxy) is 1. The number of nitrogens with zero attached hydrogens (tertiary/aromatic N) is 1. The van der Waals surface area contributed by atoms with Crippen molar-refractivity contribution in [2.24, 2.45) is 5.73 Å². The van der Waals surface area contributed by atoms with Crippen LogP contribution < -0.4 is 16.6 Å². The number of carbonyl (C=O) groups is 2. The van der Waals surface area contributed by atoms with E-state index in [0.717, 1.165) is 51.0 Å². The Kier molecular flexibility index (Phi) is 11.3. The summed E-state index contributed by atoms with van der Waals surface area (Å²) in [6.45, 7) is 4.57. The average Bonchev–Trinajstić information content (AvgIpc) is 2.78. The molecule has 2 rings (SSSR count). The molecule has 0 aliphatic heterocycles. The molecular weight excluding hydrogens is 392 g/mol. The van der Waals surface area contributed by atoms with Crippen LogP contribution in [0.15, 0.2) is 42.6 Å². The number of carbonyl (C=O) groups excluding carboxylic acids is 2. The largest absolute Gasteiger partial charge is 0.381 e. The van der Waals surface area contributed by atoms with Crippen LogP contribution >= 0.6 is 0 Å². The van der Waals surface area contributed by atoms with Gasteiger partial charge in [0, 0.05) is 37.9 Å². The number of hydrazine groups is 1. The van der Waals surface area contributed by atoms with Crippen molar-refractivity contribution < 1.29 is 14.3 Å². The van der Waals surface area contributed by atoms with Crippen molar-refractivity contribution in [1.29, 1.82) is 0 Å². The second-order valence-electron chi connectivity index (χ2n) is 7.50. The number of benzene rings is 1. The number of nitrogens with one attached hydrogen (secondary N) is 2. The first-order valence-electron chi connectivity index (χ1n) is 11.1. The molecule has 0 atom stereocenters. The summed E-state index contributed by atoms with van der Waals surface area (Å²) in [5, 5.41) is 0. The molecule has 7 heteroatoms. The highest BCUT2D eigenvalue weighted by Crippen LogP contribution is 2.13. The van der Waals surface area contributed by atoms with E-state index in [1.807, 2.05) is 12.1 Å². The molecule has 0 spiro atoms. The Morgan fingerprint density at radius 2 is 1.74 bits per heavy atom. The molecule has 1 aromatic carbocycles. The molecule has 0 bridgehead atoms. The molecule has 0 aliphatic rings. The molecule has 2 amide bonds. The summed E-state index contributed by atoms with van der Waals surface area (Å²) >= 11 is 0. The van der Waals surface area contributed by atoms with E-state index < -0.39 is 5.91 Å². The van der Waals surface area contributed by atoms with Crippen LogP contribution in [0, 0.1) is 0 Å². The van der Waals surface area contributed by atoms with Gasteiger partial charge in [0.15, 0.2) is 0 Å². The van der Waals surface area contributed by atoms with Gasteiger partial charge in [-0.25, -0.2) is 5.43 Å². The molecule has 0 saturated carbocycles. The number of pyridine rings is 1. The maximum absolute atomic E-state index is 12.3. The highest BCUT2D eigenvalue weighted by molar-refractivity contribution is 5.94. The molecule has 4 N–H and O–H groups in total. The Labute approximate surface area is 184 Å². The van der Waals surface area contributed by atoms with Crippen molar-refractivity contribution in [3.05, 3.63) is 65.0 Å². The van der Waals surface area contributed by atoms with Crippen LogP contribution in [-0.4, -0.2) is 36.6 Å². The molecule has 0 aliphatic carbocycles. The number of nitrogens with two attached hydrogens (primary N) is 1. The van der Waals surface area contributed by atoms with Gasteiger partial charge >= 0.3 is 0 Å². The molecule has 168 valence electrons. The first-order valence-corrected chi connectivity index (χ1v) is 11.1. The monoisotopic (exact) mass is 426 g/mol. The lowest BCUT2D eigenvalue weighted by molar-refractivity contribution is 0.0931. The van der Waals surface area contributed by atoms with Crippen LogP contribution in [0.3, 0.4) is 0 Å². The van der Waals surface area contributed by atoms with E-state index in [-0.39, 0.29) is 5.91 Å². The highest BCUT2D eigenvalue weighted by Gasteiger charge is 2.10. The SMILES string of the molecule is CCCCCOCCCCCNNC(=O)c1ccc(Cc2ncccc2C(N)=O)cc1. The van der Waals surface area contributed by atoms with E-state index in [4.69, 9.17) is 10.5 Å². The van der Waals surface area contributed by atoms with Crippen molar-refractivity contribution in [3.8, 4) is 0 Å². The summed E-state index contributed by atoms with van der Waals surface area (Å²) in [6.07, 6.45) is 8.77. The normalized spacial score (nSPS) is 10.7. The molecule has 2 aromatic rings. The Morgan fingerprint density at radius 1 is 1.00 bits per heavy atom. The fourth-order valence-corrected chi connectivity index (χ4v) is 3.14. The first-order chi connectivity index (χ1) is 15.1. The molecule has 1 aromatic heterocycles. The van der Waals surface area contributed by atoms with E-state index in [0.29, 0.717) is 23.2 Å². The van der Waals surface area contributed by atoms with Gasteiger partial charge in [0.1, 0.15) is 0 Å². The second kappa shape index (κ2) is 14.3. The molecule has 31 heavy (non-hydrogen) atoms. The number of amides is 2. The van der Waals surface area contributed by atoms with Crippen LogP contribution in [-0.2, 0) is 11.2 Å². The standard InChI is InChI=1S/C24H34N4O3/c1-2-3-6-16-31-17-7-4-5-15-27-28-24(30)20-12-10-19(11-13-20)18-22-21(23(25)29)9-8-14-26-22/h8-14,27H,2-7,15-18H2,1H3,(H2,25,29)(H,28,30). The van der Waals surface area contributed by atoms with Gasteiger partial charge in [-0.3, -0.25) is 20.0 Å². The zero-order valence-electron chi connectivity index (χ0n) is 18.4. The second-order valence-corrected chi connectivity index (χ2v) is 7.50. The van der Waals surface area contributed by atoms with E-state index in [1.54, 1.807) is 30.5 Å². The summed E-state index contributed by atoms with van der Waals surface area (Å²) in [5.74, 6) is -0.675. The minimum absolute atomic E-state index is 0.179. The van der Waals surface area contributed by atoms with Gasteiger partial charge in [-0.2, -0.15) is 0 Å². The zero-order chi connectivity index (χ0) is 22.3. The van der Waals surface area contributed by atoms with Crippen LogP contribution in [0.5, 0.6) is 0 Å². The van der Waals surface area contributed by atoms with Crippen molar-refractivity contribution in [3.63, 3.8) is 0 Å². The van der Waals surface area contributed by atoms with Crippen molar-refractivity contribution in [2.45, 2.75) is 51.9 Å². The summed E-state index contributed by atoms with van der Waals surface area (Å²) in [5.41, 5.74) is 13.6. The molecular formula is C24H34N4O3. The highest BCUT2D eigenvalue weighted by atomic mass is 16.5. The lowest BCUT2D eigenvalue weighted by Gasteiger charge is -2.09. The quantitative estimate of drug-likeness (QED) is 0.299. The summed E-state index contributed by atoms with van der Waals surface area (Å²) in [7, 11) is 0. The molecule has 0 unspecified atom stereocenters. The Morgan fingerprint density at radius 3 is 2.45 bits per heavy atom. The van der Waals surface area contributed by atoms with Gasteiger partial charge < -0.3 is 10.5 Å². The minimum Gasteiger partial charge on any atom is -0.381 e. The van der Waals surface area contributed by atoms with Crippen LogP contribution in [0.4, 0.5) is 0 Å². The van der Waals surface area contributed by atoms with Gasteiger partial charge in [-0.05, 0) is 55.5 Å². The topological polar surface area (TPSA) is 106 Å². The average molecular weight is 427 g/mol. The predicted molar refractivity (Wildman–Crippen MR) is 122 cm³/mol. The third kappa shape index (κ3) is 9.27.